The third kappa shape index (κ3) is 3.93. The lowest BCUT2D eigenvalue weighted by atomic mass is 9.93. The molecule has 1 amide bonds. The minimum absolute atomic E-state index is 0.0968. The number of fused-ring (bicyclic) bond motifs is 1. The Morgan fingerprint density at radius 2 is 1.74 bits per heavy atom. The Morgan fingerprint density at radius 1 is 1.07 bits per heavy atom. The molecule has 5 heteroatoms. The molecule has 3 rings (SSSR count). The molecule has 0 unspecified atom stereocenters. The van der Waals surface area contributed by atoms with Gasteiger partial charge < -0.3 is 10.3 Å². The topological polar surface area (TPSA) is 61.4 Å². The van der Waals surface area contributed by atoms with E-state index in [0.717, 1.165) is 28.9 Å². The molecule has 0 fully saturated rings. The normalized spacial score (nSPS) is 14.6. The minimum atomic E-state index is -0.666. The largest absolute Gasteiger partial charge is 0.338 e. The van der Waals surface area contributed by atoms with Crippen molar-refractivity contribution in [3.8, 4) is 0 Å². The van der Waals surface area contributed by atoms with Crippen molar-refractivity contribution in [1.82, 2.24) is 15.8 Å². The summed E-state index contributed by atoms with van der Waals surface area (Å²) < 4.78 is 0. The predicted octanol–water partition coefficient (Wildman–Crippen LogP) is 3.20. The number of carbonyl (C=O) groups excluding carboxylic acids is 2. The van der Waals surface area contributed by atoms with Gasteiger partial charge >= 0.3 is 0 Å². The summed E-state index contributed by atoms with van der Waals surface area (Å²) in [6.45, 7) is 6.91. The van der Waals surface area contributed by atoms with Crippen LogP contribution < -0.4 is 10.7 Å². The summed E-state index contributed by atoms with van der Waals surface area (Å²) in [5.74, 6) is -0.341. The Balaban J connectivity index is 1.97. The second kappa shape index (κ2) is 8.18. The predicted molar refractivity (Wildman–Crippen MR) is 106 cm³/mol. The van der Waals surface area contributed by atoms with Crippen molar-refractivity contribution in [3.05, 3.63) is 77.0 Å². The second-order valence-corrected chi connectivity index (χ2v) is 6.64. The first kappa shape index (κ1) is 18.9. The maximum atomic E-state index is 13.2. The SMILES string of the molecule is CCNN1Cc2ccccc2C(C(=O)N[C@H](C(C)=O)c2ccccc2)=C1C. The number of hydrazine groups is 1. The van der Waals surface area contributed by atoms with E-state index in [-0.39, 0.29) is 11.7 Å². The van der Waals surface area contributed by atoms with Crippen LogP contribution in [0, 0.1) is 0 Å². The summed E-state index contributed by atoms with van der Waals surface area (Å²) in [7, 11) is 0. The van der Waals surface area contributed by atoms with Gasteiger partial charge in [-0.1, -0.05) is 61.5 Å². The molecular formula is C22H25N3O2. The molecule has 0 saturated carbocycles. The van der Waals surface area contributed by atoms with E-state index in [2.05, 4.69) is 10.7 Å². The van der Waals surface area contributed by atoms with E-state index in [1.165, 1.54) is 6.92 Å². The molecule has 0 bridgehead atoms. The van der Waals surface area contributed by atoms with Gasteiger partial charge in [-0.3, -0.25) is 9.59 Å². The smallest absolute Gasteiger partial charge is 0.254 e. The van der Waals surface area contributed by atoms with Gasteiger partial charge in [0.1, 0.15) is 6.04 Å². The Morgan fingerprint density at radius 3 is 2.41 bits per heavy atom. The van der Waals surface area contributed by atoms with Crippen LogP contribution in [-0.4, -0.2) is 23.2 Å². The van der Waals surface area contributed by atoms with Gasteiger partial charge in [0, 0.05) is 12.2 Å². The molecule has 0 spiro atoms. The minimum Gasteiger partial charge on any atom is -0.338 e. The van der Waals surface area contributed by atoms with Crippen LogP contribution in [0.15, 0.2) is 60.3 Å². The van der Waals surface area contributed by atoms with Gasteiger partial charge in [-0.2, -0.15) is 0 Å². The molecule has 1 atom stereocenters. The summed E-state index contributed by atoms with van der Waals surface area (Å²) in [6, 6.07) is 16.6. The molecule has 0 aromatic heterocycles. The lowest BCUT2D eigenvalue weighted by Gasteiger charge is -2.33. The summed E-state index contributed by atoms with van der Waals surface area (Å²) in [6.07, 6.45) is 0. The van der Waals surface area contributed by atoms with Gasteiger partial charge in [-0.25, -0.2) is 5.43 Å². The summed E-state index contributed by atoms with van der Waals surface area (Å²) in [4.78, 5) is 25.4. The summed E-state index contributed by atoms with van der Waals surface area (Å²) >= 11 is 0. The molecule has 0 radical (unpaired) electrons. The van der Waals surface area contributed by atoms with Gasteiger partial charge in [0.15, 0.2) is 5.78 Å². The number of hydrogen-bond donors (Lipinski definition) is 2. The van der Waals surface area contributed by atoms with Crippen LogP contribution >= 0.6 is 0 Å². The third-order valence-electron chi connectivity index (χ3n) is 4.77. The Labute approximate surface area is 160 Å². The molecule has 2 N–H and O–H groups in total. The van der Waals surface area contributed by atoms with Gasteiger partial charge in [-0.05, 0) is 30.5 Å². The number of nitrogens with one attached hydrogen (secondary N) is 2. The molecule has 1 heterocycles. The number of Topliss-reactive ketones (excluding diaryl/α,β-unsaturated/α-hetero) is 1. The van der Waals surface area contributed by atoms with Crippen molar-refractivity contribution in [3.63, 3.8) is 0 Å². The number of carbonyl (C=O) groups is 2. The average molecular weight is 363 g/mol. The number of rotatable bonds is 6. The maximum Gasteiger partial charge on any atom is 0.254 e. The van der Waals surface area contributed by atoms with Crippen LogP contribution in [0.4, 0.5) is 0 Å². The van der Waals surface area contributed by atoms with Crippen LogP contribution in [0.1, 0.15) is 43.5 Å². The zero-order valence-corrected chi connectivity index (χ0v) is 16.0. The quantitative estimate of drug-likeness (QED) is 0.827. The molecule has 5 nitrogen and oxygen atoms in total. The van der Waals surface area contributed by atoms with Crippen molar-refractivity contribution < 1.29 is 9.59 Å². The van der Waals surface area contributed by atoms with Gasteiger partial charge in [0.05, 0.1) is 12.1 Å². The van der Waals surface area contributed by atoms with Crippen LogP contribution in [-0.2, 0) is 16.1 Å². The van der Waals surface area contributed by atoms with Crippen molar-refractivity contribution >= 4 is 17.3 Å². The standard InChI is InChI=1S/C22H25N3O2/c1-4-23-25-14-18-12-8-9-13-19(18)20(15(25)2)22(27)24-21(16(3)26)17-10-6-5-7-11-17/h5-13,21,23H,4,14H2,1-3H3,(H,24,27)/t21-/m1/s1. The molecule has 0 saturated heterocycles. The van der Waals surface area contributed by atoms with E-state index < -0.39 is 6.04 Å². The fourth-order valence-electron chi connectivity index (χ4n) is 3.44. The fraction of sp³-hybridized carbons (Fsp3) is 0.273. The highest BCUT2D eigenvalue weighted by Gasteiger charge is 2.29. The van der Waals surface area contributed by atoms with E-state index in [0.29, 0.717) is 12.1 Å². The van der Waals surface area contributed by atoms with E-state index in [9.17, 15) is 9.59 Å². The first-order valence-electron chi connectivity index (χ1n) is 9.19. The molecule has 27 heavy (non-hydrogen) atoms. The number of nitrogens with zero attached hydrogens (tertiary/aromatic N) is 1. The van der Waals surface area contributed by atoms with E-state index in [4.69, 9.17) is 0 Å². The number of allylic oxidation sites excluding steroid dienone is 1. The second-order valence-electron chi connectivity index (χ2n) is 6.64. The van der Waals surface area contributed by atoms with Crippen molar-refractivity contribution in [1.29, 1.82) is 0 Å². The monoisotopic (exact) mass is 363 g/mol. The maximum absolute atomic E-state index is 13.2. The van der Waals surface area contributed by atoms with Crippen LogP contribution in [0.5, 0.6) is 0 Å². The third-order valence-corrected chi connectivity index (χ3v) is 4.77. The summed E-state index contributed by atoms with van der Waals surface area (Å²) in [5.41, 5.74) is 7.52. The molecule has 2 aromatic carbocycles. The fourth-order valence-corrected chi connectivity index (χ4v) is 3.44. The number of amides is 1. The van der Waals surface area contributed by atoms with Gasteiger partial charge in [-0.15, -0.1) is 0 Å². The summed E-state index contributed by atoms with van der Waals surface area (Å²) in [5, 5.41) is 4.92. The Bertz CT molecular complexity index is 874. The van der Waals surface area contributed by atoms with Crippen molar-refractivity contribution in [2.45, 2.75) is 33.4 Å². The Hall–Kier alpha value is -2.92. The van der Waals surface area contributed by atoms with Crippen LogP contribution in [0.3, 0.4) is 0 Å². The number of benzene rings is 2. The highest BCUT2D eigenvalue weighted by atomic mass is 16.2. The van der Waals surface area contributed by atoms with E-state index in [1.54, 1.807) is 0 Å². The van der Waals surface area contributed by atoms with E-state index >= 15 is 0 Å². The average Bonchev–Trinajstić information content (AvgIpc) is 2.67. The van der Waals surface area contributed by atoms with Crippen molar-refractivity contribution in [2.75, 3.05) is 6.54 Å². The molecule has 0 aliphatic carbocycles. The van der Waals surface area contributed by atoms with E-state index in [1.807, 2.05) is 73.5 Å². The molecular weight excluding hydrogens is 338 g/mol. The lowest BCUT2D eigenvalue weighted by molar-refractivity contribution is -0.124. The molecule has 1 aliphatic rings. The molecule has 140 valence electrons. The van der Waals surface area contributed by atoms with Crippen LogP contribution in [0.25, 0.3) is 5.57 Å². The van der Waals surface area contributed by atoms with Gasteiger partial charge in [0.25, 0.3) is 5.91 Å². The van der Waals surface area contributed by atoms with Crippen LogP contribution in [0.2, 0.25) is 0 Å². The number of hydrogen-bond acceptors (Lipinski definition) is 4. The number of ketones is 1. The van der Waals surface area contributed by atoms with Gasteiger partial charge in [0.2, 0.25) is 0 Å². The molecule has 2 aromatic rings. The molecule has 1 aliphatic heterocycles. The first-order chi connectivity index (χ1) is 13.0. The Kier molecular flexibility index (Phi) is 5.72. The zero-order valence-electron chi connectivity index (χ0n) is 16.0. The zero-order chi connectivity index (χ0) is 19.4. The lowest BCUT2D eigenvalue weighted by Crippen LogP contribution is -2.41. The first-order valence-corrected chi connectivity index (χ1v) is 9.19. The van der Waals surface area contributed by atoms with Crippen molar-refractivity contribution in [2.24, 2.45) is 0 Å². The highest BCUT2D eigenvalue weighted by Crippen LogP contribution is 2.31. The highest BCUT2D eigenvalue weighted by molar-refractivity contribution is 6.21.